The zero-order valence-electron chi connectivity index (χ0n) is 11.0. The Morgan fingerprint density at radius 2 is 1.50 bits per heavy atom. The van der Waals surface area contributed by atoms with Crippen molar-refractivity contribution in [2.75, 3.05) is 5.32 Å². The Morgan fingerprint density at radius 3 is 2.05 bits per heavy atom. The van der Waals surface area contributed by atoms with Crippen molar-refractivity contribution in [1.29, 1.82) is 0 Å². The highest BCUT2D eigenvalue weighted by atomic mass is 16.4. The van der Waals surface area contributed by atoms with E-state index in [1.165, 1.54) is 0 Å². The summed E-state index contributed by atoms with van der Waals surface area (Å²) >= 11 is 0. The molecule has 0 aliphatic heterocycles. The maximum Gasteiger partial charge on any atom is 0.325 e. The summed E-state index contributed by atoms with van der Waals surface area (Å²) in [5, 5.41) is 11.7. The van der Waals surface area contributed by atoms with Gasteiger partial charge >= 0.3 is 5.97 Å². The van der Waals surface area contributed by atoms with E-state index in [2.05, 4.69) is 5.32 Å². The SMILES string of the molecule is C[C@H](Nc1ccc(C(=O)c2ccccc2)cc1)C(=O)O. The largest absolute Gasteiger partial charge is 0.480 e. The van der Waals surface area contributed by atoms with E-state index >= 15 is 0 Å². The van der Waals surface area contributed by atoms with Gasteiger partial charge in [-0.05, 0) is 31.2 Å². The predicted octanol–water partition coefficient (Wildman–Crippen LogP) is 2.80. The summed E-state index contributed by atoms with van der Waals surface area (Å²) in [7, 11) is 0. The molecular weight excluding hydrogens is 254 g/mol. The third-order valence-electron chi connectivity index (χ3n) is 2.94. The van der Waals surface area contributed by atoms with E-state index in [9.17, 15) is 9.59 Å². The van der Waals surface area contributed by atoms with Crippen LogP contribution >= 0.6 is 0 Å². The average Bonchev–Trinajstić information content (AvgIpc) is 2.48. The van der Waals surface area contributed by atoms with Crippen molar-refractivity contribution in [2.24, 2.45) is 0 Å². The molecule has 0 aliphatic carbocycles. The third-order valence-corrected chi connectivity index (χ3v) is 2.94. The second kappa shape index (κ2) is 6.02. The van der Waals surface area contributed by atoms with Crippen LogP contribution in [-0.4, -0.2) is 22.9 Å². The van der Waals surface area contributed by atoms with Gasteiger partial charge < -0.3 is 10.4 Å². The number of carbonyl (C=O) groups excluding carboxylic acids is 1. The predicted molar refractivity (Wildman–Crippen MR) is 77.0 cm³/mol. The molecule has 0 radical (unpaired) electrons. The summed E-state index contributed by atoms with van der Waals surface area (Å²) in [6.07, 6.45) is 0. The number of carbonyl (C=O) groups is 2. The Hall–Kier alpha value is -2.62. The number of carboxylic acids is 1. The molecule has 0 amide bonds. The lowest BCUT2D eigenvalue weighted by Gasteiger charge is -2.11. The number of anilines is 1. The van der Waals surface area contributed by atoms with E-state index < -0.39 is 12.0 Å². The molecule has 2 rings (SSSR count). The second-order valence-corrected chi connectivity index (χ2v) is 4.48. The van der Waals surface area contributed by atoms with Gasteiger partial charge in [-0.15, -0.1) is 0 Å². The highest BCUT2D eigenvalue weighted by Gasteiger charge is 2.11. The van der Waals surface area contributed by atoms with Crippen molar-refractivity contribution in [3.8, 4) is 0 Å². The van der Waals surface area contributed by atoms with Crippen LogP contribution < -0.4 is 5.32 Å². The Bertz CT molecular complexity index is 605. The molecule has 0 unspecified atom stereocenters. The quantitative estimate of drug-likeness (QED) is 0.819. The molecule has 2 aromatic rings. The zero-order chi connectivity index (χ0) is 14.5. The van der Waals surface area contributed by atoms with Crippen LogP contribution in [-0.2, 0) is 4.79 Å². The first-order valence-corrected chi connectivity index (χ1v) is 6.27. The van der Waals surface area contributed by atoms with Gasteiger partial charge in [0.1, 0.15) is 6.04 Å². The molecule has 2 aromatic carbocycles. The van der Waals surface area contributed by atoms with E-state index in [-0.39, 0.29) is 5.78 Å². The van der Waals surface area contributed by atoms with E-state index in [1.54, 1.807) is 43.3 Å². The van der Waals surface area contributed by atoms with Gasteiger partial charge in [0.25, 0.3) is 0 Å². The van der Waals surface area contributed by atoms with Crippen LogP contribution in [0.15, 0.2) is 54.6 Å². The monoisotopic (exact) mass is 269 g/mol. The Labute approximate surface area is 117 Å². The van der Waals surface area contributed by atoms with Crippen LogP contribution in [0.4, 0.5) is 5.69 Å². The van der Waals surface area contributed by atoms with E-state index in [1.807, 2.05) is 18.2 Å². The first-order chi connectivity index (χ1) is 9.58. The van der Waals surface area contributed by atoms with E-state index in [4.69, 9.17) is 5.11 Å². The summed E-state index contributed by atoms with van der Waals surface area (Å²) < 4.78 is 0. The second-order valence-electron chi connectivity index (χ2n) is 4.48. The minimum absolute atomic E-state index is 0.0524. The number of nitrogens with one attached hydrogen (secondary N) is 1. The number of hydrogen-bond acceptors (Lipinski definition) is 3. The summed E-state index contributed by atoms with van der Waals surface area (Å²) in [5.74, 6) is -0.974. The first kappa shape index (κ1) is 13.8. The van der Waals surface area contributed by atoms with Crippen molar-refractivity contribution in [3.05, 3.63) is 65.7 Å². The van der Waals surface area contributed by atoms with Crippen LogP contribution in [0.25, 0.3) is 0 Å². The zero-order valence-corrected chi connectivity index (χ0v) is 11.0. The molecule has 0 aliphatic rings. The number of benzene rings is 2. The highest BCUT2D eigenvalue weighted by Crippen LogP contribution is 2.14. The van der Waals surface area contributed by atoms with Gasteiger partial charge in [0.05, 0.1) is 0 Å². The fourth-order valence-electron chi connectivity index (χ4n) is 1.79. The van der Waals surface area contributed by atoms with Crippen LogP contribution in [0.2, 0.25) is 0 Å². The highest BCUT2D eigenvalue weighted by molar-refractivity contribution is 6.09. The lowest BCUT2D eigenvalue weighted by molar-refractivity contribution is -0.137. The molecule has 4 heteroatoms. The van der Waals surface area contributed by atoms with Crippen LogP contribution in [0.5, 0.6) is 0 Å². The third kappa shape index (κ3) is 3.23. The molecule has 0 bridgehead atoms. The molecule has 2 N–H and O–H groups in total. The first-order valence-electron chi connectivity index (χ1n) is 6.27. The fraction of sp³-hybridized carbons (Fsp3) is 0.125. The molecule has 0 heterocycles. The molecule has 20 heavy (non-hydrogen) atoms. The molecule has 1 atom stereocenters. The Balaban J connectivity index is 2.12. The number of carboxylic acid groups (broad SMARTS) is 1. The molecule has 4 nitrogen and oxygen atoms in total. The topological polar surface area (TPSA) is 66.4 Å². The average molecular weight is 269 g/mol. The van der Waals surface area contributed by atoms with Gasteiger partial charge in [0.2, 0.25) is 0 Å². The summed E-state index contributed by atoms with van der Waals surface area (Å²) in [5.41, 5.74) is 1.88. The lowest BCUT2D eigenvalue weighted by atomic mass is 10.0. The van der Waals surface area contributed by atoms with Gasteiger partial charge in [0, 0.05) is 16.8 Å². The molecular formula is C16H15NO3. The van der Waals surface area contributed by atoms with Gasteiger partial charge in [-0.1, -0.05) is 30.3 Å². The molecule has 0 fully saturated rings. The van der Waals surface area contributed by atoms with Crippen LogP contribution in [0.1, 0.15) is 22.8 Å². The maximum atomic E-state index is 12.2. The Morgan fingerprint density at radius 1 is 0.950 bits per heavy atom. The normalized spacial score (nSPS) is 11.7. The Kier molecular flexibility index (Phi) is 4.15. The minimum Gasteiger partial charge on any atom is -0.480 e. The van der Waals surface area contributed by atoms with Gasteiger partial charge in [-0.2, -0.15) is 0 Å². The summed E-state index contributed by atoms with van der Waals surface area (Å²) in [6, 6.07) is 15.1. The van der Waals surface area contributed by atoms with Crippen molar-refractivity contribution in [2.45, 2.75) is 13.0 Å². The van der Waals surface area contributed by atoms with Gasteiger partial charge in [0.15, 0.2) is 5.78 Å². The van der Waals surface area contributed by atoms with Crippen LogP contribution in [0, 0.1) is 0 Å². The van der Waals surface area contributed by atoms with Gasteiger partial charge in [-0.25, -0.2) is 0 Å². The number of aliphatic carboxylic acids is 1. The molecule has 0 spiro atoms. The maximum absolute atomic E-state index is 12.2. The lowest BCUT2D eigenvalue weighted by Crippen LogP contribution is -2.25. The van der Waals surface area contributed by atoms with Crippen molar-refractivity contribution >= 4 is 17.4 Å². The standard InChI is InChI=1S/C16H15NO3/c1-11(16(19)20)17-14-9-7-13(8-10-14)15(18)12-5-3-2-4-6-12/h2-11,17H,1H3,(H,19,20)/t11-/m0/s1. The van der Waals surface area contributed by atoms with Crippen molar-refractivity contribution in [1.82, 2.24) is 0 Å². The minimum atomic E-state index is -0.922. The van der Waals surface area contributed by atoms with E-state index in [0.29, 0.717) is 16.8 Å². The number of rotatable bonds is 5. The van der Waals surface area contributed by atoms with Crippen LogP contribution in [0.3, 0.4) is 0 Å². The number of hydrogen-bond donors (Lipinski definition) is 2. The summed E-state index contributed by atoms with van der Waals surface area (Å²) in [6.45, 7) is 1.56. The molecule has 0 saturated heterocycles. The van der Waals surface area contributed by atoms with Gasteiger partial charge in [-0.3, -0.25) is 9.59 Å². The molecule has 102 valence electrons. The summed E-state index contributed by atoms with van der Waals surface area (Å²) in [4.78, 5) is 22.9. The smallest absolute Gasteiger partial charge is 0.325 e. The van der Waals surface area contributed by atoms with Crippen molar-refractivity contribution in [3.63, 3.8) is 0 Å². The van der Waals surface area contributed by atoms with E-state index in [0.717, 1.165) is 0 Å². The molecule has 0 aromatic heterocycles. The van der Waals surface area contributed by atoms with Crippen molar-refractivity contribution < 1.29 is 14.7 Å². The number of ketones is 1. The molecule has 0 saturated carbocycles. The fourth-order valence-corrected chi connectivity index (χ4v) is 1.79.